The molecule has 1 aromatic heterocycles. The van der Waals surface area contributed by atoms with Gasteiger partial charge in [0.2, 0.25) is 0 Å². The first kappa shape index (κ1) is 16.3. The minimum Gasteiger partial charge on any atom is -0.354 e. The van der Waals surface area contributed by atoms with Gasteiger partial charge in [0.15, 0.2) is 5.76 Å². The van der Waals surface area contributed by atoms with Crippen molar-refractivity contribution in [1.29, 1.82) is 0 Å². The van der Waals surface area contributed by atoms with Gasteiger partial charge in [-0.15, -0.1) is 0 Å². The second kappa shape index (κ2) is 6.39. The van der Waals surface area contributed by atoms with E-state index in [1.165, 1.54) is 0 Å². The summed E-state index contributed by atoms with van der Waals surface area (Å²) in [6, 6.07) is 5.99. The normalized spacial score (nSPS) is 11.3. The van der Waals surface area contributed by atoms with Crippen molar-refractivity contribution in [1.82, 2.24) is 10.5 Å². The number of anilines is 1. The number of rotatable bonds is 3. The smallest absolute Gasteiger partial charge is 0.354 e. The van der Waals surface area contributed by atoms with Gasteiger partial charge < -0.3 is 15.2 Å². The molecule has 0 fully saturated rings. The van der Waals surface area contributed by atoms with Crippen molar-refractivity contribution < 1.29 is 22.5 Å². The summed E-state index contributed by atoms with van der Waals surface area (Å²) in [7, 11) is 0. The molecule has 2 amide bonds. The van der Waals surface area contributed by atoms with E-state index < -0.39 is 18.8 Å². The number of hydrogen-bond acceptors (Lipinski definition) is 3. The minimum atomic E-state index is -4.48. The quantitative estimate of drug-likeness (QED) is 0.845. The van der Waals surface area contributed by atoms with Crippen molar-refractivity contribution in [2.24, 2.45) is 0 Å². The molecule has 0 saturated carbocycles. The summed E-state index contributed by atoms with van der Waals surface area (Å²) in [5.41, 5.74) is 1.22. The lowest BCUT2D eigenvalue weighted by molar-refractivity contribution is -0.122. The lowest BCUT2D eigenvalue weighted by Crippen LogP contribution is -2.36. The van der Waals surface area contributed by atoms with Gasteiger partial charge in [-0.25, -0.2) is 4.79 Å². The number of hydrogen-bond donors (Lipinski definition) is 2. The summed E-state index contributed by atoms with van der Waals surface area (Å²) in [4.78, 5) is 11.5. The Labute approximate surface area is 132 Å². The molecule has 2 N–H and O–H groups in total. The molecule has 0 bridgehead atoms. The van der Waals surface area contributed by atoms with Crippen LogP contribution in [0.4, 0.5) is 23.7 Å². The number of urea groups is 1. The first-order chi connectivity index (χ1) is 10.3. The third-order valence-electron chi connectivity index (χ3n) is 2.66. The third kappa shape index (κ3) is 4.23. The zero-order valence-corrected chi connectivity index (χ0v) is 12.9. The number of aryl methyl sites for hydroxylation is 1. The van der Waals surface area contributed by atoms with Crippen LogP contribution in [0.3, 0.4) is 0 Å². The first-order valence-electron chi connectivity index (χ1n) is 6.10. The highest BCUT2D eigenvalue weighted by Crippen LogP contribution is 2.31. The lowest BCUT2D eigenvalue weighted by Gasteiger charge is -2.10. The summed E-state index contributed by atoms with van der Waals surface area (Å²) in [5, 5.41) is 7.78. The lowest BCUT2D eigenvalue weighted by atomic mass is 10.1. The van der Waals surface area contributed by atoms with E-state index in [1.807, 2.05) is 0 Å². The fraction of sp³-hybridized carbons (Fsp3) is 0.231. The van der Waals surface area contributed by atoms with E-state index in [1.54, 1.807) is 36.5 Å². The Hall–Kier alpha value is -2.03. The number of carbonyl (C=O) groups excluding carboxylic acids is 1. The van der Waals surface area contributed by atoms with Crippen LogP contribution in [0.1, 0.15) is 5.69 Å². The number of carbonyl (C=O) groups is 1. The van der Waals surface area contributed by atoms with Gasteiger partial charge in [-0.2, -0.15) is 13.2 Å². The average Bonchev–Trinajstić information content (AvgIpc) is 2.78. The van der Waals surface area contributed by atoms with E-state index >= 15 is 0 Å². The van der Waals surface area contributed by atoms with Crippen molar-refractivity contribution >= 4 is 27.6 Å². The monoisotopic (exact) mass is 377 g/mol. The van der Waals surface area contributed by atoms with Crippen LogP contribution in [0.25, 0.3) is 11.3 Å². The molecule has 0 saturated heterocycles. The molecule has 0 unspecified atom stereocenters. The summed E-state index contributed by atoms with van der Waals surface area (Å²) < 4.78 is 42.2. The average molecular weight is 378 g/mol. The highest BCUT2D eigenvalue weighted by atomic mass is 79.9. The van der Waals surface area contributed by atoms with Gasteiger partial charge in [-0.3, -0.25) is 0 Å². The maximum atomic E-state index is 12.1. The summed E-state index contributed by atoms with van der Waals surface area (Å²) >= 11 is 3.29. The molecule has 118 valence electrons. The van der Waals surface area contributed by atoms with Crippen molar-refractivity contribution in [2.75, 3.05) is 11.9 Å². The van der Waals surface area contributed by atoms with E-state index in [-0.39, 0.29) is 11.4 Å². The highest BCUT2D eigenvalue weighted by molar-refractivity contribution is 9.10. The molecular formula is C13H11BrF3N3O2. The number of benzene rings is 1. The minimum absolute atomic E-state index is 0.224. The van der Waals surface area contributed by atoms with Crippen LogP contribution in [0.2, 0.25) is 0 Å². The fourth-order valence-electron chi connectivity index (χ4n) is 1.65. The van der Waals surface area contributed by atoms with Gasteiger partial charge in [0.05, 0.1) is 0 Å². The Balaban J connectivity index is 2.16. The molecule has 0 aliphatic rings. The number of nitrogens with zero attached hydrogens (tertiary/aromatic N) is 1. The first-order valence-corrected chi connectivity index (χ1v) is 6.89. The largest absolute Gasteiger partial charge is 0.405 e. The zero-order chi connectivity index (χ0) is 16.3. The van der Waals surface area contributed by atoms with E-state index in [0.717, 1.165) is 4.47 Å². The molecule has 0 radical (unpaired) electrons. The standard InChI is InChI=1S/C13H11BrF3N3O2/c1-7-10(19-12(21)18-6-13(15,16)17)11(22-20-7)8-2-4-9(14)5-3-8/h2-5H,6H2,1H3,(H2,18,19,21). The SMILES string of the molecule is Cc1noc(-c2ccc(Br)cc2)c1NC(=O)NCC(F)(F)F. The molecule has 0 spiro atoms. The van der Waals surface area contributed by atoms with Crippen molar-refractivity contribution in [2.45, 2.75) is 13.1 Å². The molecule has 2 rings (SSSR count). The fourth-order valence-corrected chi connectivity index (χ4v) is 1.92. The topological polar surface area (TPSA) is 67.2 Å². The predicted molar refractivity (Wildman–Crippen MR) is 77.5 cm³/mol. The van der Waals surface area contributed by atoms with Crippen LogP contribution >= 0.6 is 15.9 Å². The van der Waals surface area contributed by atoms with Crippen LogP contribution in [0.15, 0.2) is 33.3 Å². The maximum absolute atomic E-state index is 12.1. The third-order valence-corrected chi connectivity index (χ3v) is 3.19. The molecule has 0 atom stereocenters. The van der Waals surface area contributed by atoms with Gasteiger partial charge in [0.25, 0.3) is 0 Å². The number of aromatic nitrogens is 1. The molecular weight excluding hydrogens is 367 g/mol. The molecule has 0 aliphatic heterocycles. The van der Waals surface area contributed by atoms with Gasteiger partial charge in [-0.05, 0) is 31.2 Å². The van der Waals surface area contributed by atoms with E-state index in [4.69, 9.17) is 4.52 Å². The van der Waals surface area contributed by atoms with Crippen LogP contribution in [-0.4, -0.2) is 23.9 Å². The van der Waals surface area contributed by atoms with Crippen LogP contribution in [0, 0.1) is 6.92 Å². The number of amides is 2. The van der Waals surface area contributed by atoms with Crippen LogP contribution in [0.5, 0.6) is 0 Å². The van der Waals surface area contributed by atoms with E-state index in [9.17, 15) is 18.0 Å². The molecule has 1 aromatic carbocycles. The van der Waals surface area contributed by atoms with Gasteiger partial charge in [0, 0.05) is 10.0 Å². The molecule has 22 heavy (non-hydrogen) atoms. The molecule has 1 heterocycles. The van der Waals surface area contributed by atoms with Gasteiger partial charge in [-0.1, -0.05) is 21.1 Å². The van der Waals surface area contributed by atoms with Crippen molar-refractivity contribution in [3.63, 3.8) is 0 Å². The number of halogens is 4. The highest BCUT2D eigenvalue weighted by Gasteiger charge is 2.28. The summed E-state index contributed by atoms with van der Waals surface area (Å²) in [6.45, 7) is 0.155. The van der Waals surface area contributed by atoms with E-state index in [0.29, 0.717) is 11.3 Å². The number of alkyl halides is 3. The summed E-state index contributed by atoms with van der Waals surface area (Å²) in [6.07, 6.45) is -4.48. The second-order valence-corrected chi connectivity index (χ2v) is 5.32. The molecule has 0 aliphatic carbocycles. The number of nitrogens with one attached hydrogen (secondary N) is 2. The maximum Gasteiger partial charge on any atom is 0.405 e. The Morgan fingerprint density at radius 1 is 1.32 bits per heavy atom. The molecule has 9 heteroatoms. The molecule has 5 nitrogen and oxygen atoms in total. The van der Waals surface area contributed by atoms with Gasteiger partial charge in [0.1, 0.15) is 17.9 Å². The Morgan fingerprint density at radius 3 is 2.55 bits per heavy atom. The van der Waals surface area contributed by atoms with Gasteiger partial charge >= 0.3 is 12.2 Å². The Morgan fingerprint density at radius 2 is 1.95 bits per heavy atom. The predicted octanol–water partition coefficient (Wildman–Crippen LogP) is 4.10. The Bertz CT molecular complexity index is 668. The zero-order valence-electron chi connectivity index (χ0n) is 11.3. The van der Waals surface area contributed by atoms with Crippen molar-refractivity contribution in [3.8, 4) is 11.3 Å². The second-order valence-electron chi connectivity index (χ2n) is 4.40. The van der Waals surface area contributed by atoms with Crippen molar-refractivity contribution in [3.05, 3.63) is 34.4 Å². The van der Waals surface area contributed by atoms with Crippen LogP contribution in [-0.2, 0) is 0 Å². The Kier molecular flexibility index (Phi) is 4.74. The summed E-state index contributed by atoms with van der Waals surface area (Å²) in [5.74, 6) is 0.271. The van der Waals surface area contributed by atoms with Crippen LogP contribution < -0.4 is 10.6 Å². The van der Waals surface area contributed by atoms with E-state index in [2.05, 4.69) is 26.4 Å². The molecule has 2 aromatic rings.